The predicted molar refractivity (Wildman–Crippen MR) is 129 cm³/mol. The van der Waals surface area contributed by atoms with Gasteiger partial charge in [0, 0.05) is 22.6 Å². The van der Waals surface area contributed by atoms with Crippen LogP contribution in [0.2, 0.25) is 0 Å². The highest BCUT2D eigenvalue weighted by atomic mass is 32.1. The molecule has 1 amide bonds. The maximum atomic E-state index is 12.5. The molecule has 0 aliphatic heterocycles. The Balaban J connectivity index is 1.52. The van der Waals surface area contributed by atoms with Crippen LogP contribution in [-0.2, 0) is 0 Å². The van der Waals surface area contributed by atoms with Crippen LogP contribution in [0.15, 0.2) is 72.8 Å². The second kappa shape index (κ2) is 11.0. The van der Waals surface area contributed by atoms with E-state index in [0.717, 1.165) is 22.9 Å². The van der Waals surface area contributed by atoms with Gasteiger partial charge in [-0.05, 0) is 98.9 Å². The van der Waals surface area contributed by atoms with Gasteiger partial charge in [-0.1, -0.05) is 0 Å². The first-order valence-electron chi connectivity index (χ1n) is 10.0. The van der Waals surface area contributed by atoms with Gasteiger partial charge in [0.1, 0.15) is 11.5 Å². The fourth-order valence-electron chi connectivity index (χ4n) is 2.80. The fraction of sp³-hybridized carbons (Fsp3) is 0.167. The molecule has 3 N–H and O–H groups in total. The molecule has 0 heterocycles. The zero-order valence-electron chi connectivity index (χ0n) is 17.5. The van der Waals surface area contributed by atoms with Crippen LogP contribution in [0, 0.1) is 0 Å². The van der Waals surface area contributed by atoms with Crippen molar-refractivity contribution in [3.05, 3.63) is 78.4 Å². The number of benzene rings is 3. The largest absolute Gasteiger partial charge is 0.494 e. The standard InChI is InChI=1S/C24H25N3O3S/c1-3-29-21-13-9-18(10-14-21)25-23(28)17-5-7-19(8-6-17)26-24(31)27-20-11-15-22(16-12-20)30-4-2/h5-16H,3-4H2,1-2H3,(H,25,28)(H2,26,27,31). The molecule has 0 saturated heterocycles. The molecule has 0 fully saturated rings. The van der Waals surface area contributed by atoms with E-state index < -0.39 is 0 Å². The van der Waals surface area contributed by atoms with Crippen molar-refractivity contribution in [2.45, 2.75) is 13.8 Å². The van der Waals surface area contributed by atoms with Gasteiger partial charge >= 0.3 is 0 Å². The molecule has 0 saturated carbocycles. The summed E-state index contributed by atoms with van der Waals surface area (Å²) in [5, 5.41) is 9.55. The first-order valence-corrected chi connectivity index (χ1v) is 10.4. The summed E-state index contributed by atoms with van der Waals surface area (Å²) in [4.78, 5) is 12.5. The Morgan fingerprint density at radius 3 is 1.48 bits per heavy atom. The van der Waals surface area contributed by atoms with Crippen molar-refractivity contribution >= 4 is 40.3 Å². The molecule has 0 radical (unpaired) electrons. The molecule has 7 heteroatoms. The summed E-state index contributed by atoms with van der Waals surface area (Å²) in [6, 6.07) is 21.9. The van der Waals surface area contributed by atoms with Crippen LogP contribution in [0.4, 0.5) is 17.1 Å². The van der Waals surface area contributed by atoms with Gasteiger partial charge in [-0.2, -0.15) is 0 Å². The second-order valence-electron chi connectivity index (χ2n) is 6.53. The van der Waals surface area contributed by atoms with Crippen molar-refractivity contribution in [1.29, 1.82) is 0 Å². The van der Waals surface area contributed by atoms with E-state index in [4.69, 9.17) is 21.7 Å². The number of amides is 1. The average molecular weight is 436 g/mol. The Morgan fingerprint density at radius 2 is 1.06 bits per heavy atom. The summed E-state index contributed by atoms with van der Waals surface area (Å²) in [5.41, 5.74) is 2.88. The summed E-state index contributed by atoms with van der Waals surface area (Å²) in [6.07, 6.45) is 0. The zero-order chi connectivity index (χ0) is 22.1. The van der Waals surface area contributed by atoms with E-state index in [0.29, 0.717) is 29.6 Å². The first kappa shape index (κ1) is 22.1. The van der Waals surface area contributed by atoms with E-state index >= 15 is 0 Å². The van der Waals surface area contributed by atoms with E-state index in [1.165, 1.54) is 0 Å². The third-order valence-electron chi connectivity index (χ3n) is 4.25. The first-order chi connectivity index (χ1) is 15.1. The van der Waals surface area contributed by atoms with Gasteiger partial charge in [-0.3, -0.25) is 4.79 Å². The number of ether oxygens (including phenoxy) is 2. The van der Waals surface area contributed by atoms with E-state index in [9.17, 15) is 4.79 Å². The third kappa shape index (κ3) is 6.72. The minimum absolute atomic E-state index is 0.189. The van der Waals surface area contributed by atoms with Crippen molar-refractivity contribution in [3.8, 4) is 11.5 Å². The molecule has 0 bridgehead atoms. The van der Waals surface area contributed by atoms with Gasteiger partial charge in [0.05, 0.1) is 13.2 Å². The molecule has 6 nitrogen and oxygen atoms in total. The highest BCUT2D eigenvalue weighted by Crippen LogP contribution is 2.18. The average Bonchev–Trinajstić information content (AvgIpc) is 2.77. The van der Waals surface area contributed by atoms with Crippen LogP contribution in [0.1, 0.15) is 24.2 Å². The predicted octanol–water partition coefficient (Wildman–Crippen LogP) is 5.55. The van der Waals surface area contributed by atoms with E-state index in [1.807, 2.05) is 62.4 Å². The SMILES string of the molecule is CCOc1ccc(NC(=O)c2ccc(NC(=S)Nc3ccc(OCC)cc3)cc2)cc1. The highest BCUT2D eigenvalue weighted by molar-refractivity contribution is 7.80. The highest BCUT2D eigenvalue weighted by Gasteiger charge is 2.07. The number of hydrogen-bond acceptors (Lipinski definition) is 4. The van der Waals surface area contributed by atoms with Crippen LogP contribution in [-0.4, -0.2) is 24.2 Å². The lowest BCUT2D eigenvalue weighted by Crippen LogP contribution is -2.19. The molecule has 31 heavy (non-hydrogen) atoms. The number of rotatable bonds is 8. The lowest BCUT2D eigenvalue weighted by molar-refractivity contribution is 0.102. The van der Waals surface area contributed by atoms with Gasteiger partial charge in [0.25, 0.3) is 5.91 Å². The second-order valence-corrected chi connectivity index (χ2v) is 6.93. The molecule has 0 aliphatic carbocycles. The van der Waals surface area contributed by atoms with Gasteiger partial charge < -0.3 is 25.4 Å². The van der Waals surface area contributed by atoms with E-state index in [2.05, 4.69) is 16.0 Å². The molecule has 0 aliphatic rings. The Bertz CT molecular complexity index is 1000. The molecule has 3 aromatic rings. The third-order valence-corrected chi connectivity index (χ3v) is 4.46. The summed E-state index contributed by atoms with van der Waals surface area (Å²) in [5.74, 6) is 1.39. The minimum atomic E-state index is -0.189. The summed E-state index contributed by atoms with van der Waals surface area (Å²) < 4.78 is 10.8. The van der Waals surface area contributed by atoms with Gasteiger partial charge in [-0.25, -0.2) is 0 Å². The topological polar surface area (TPSA) is 71.6 Å². The molecular weight excluding hydrogens is 410 g/mol. The number of hydrogen-bond donors (Lipinski definition) is 3. The Hall–Kier alpha value is -3.58. The summed E-state index contributed by atoms with van der Waals surface area (Å²) >= 11 is 5.36. The number of thiocarbonyl (C=S) groups is 1. The van der Waals surface area contributed by atoms with Crippen molar-refractivity contribution in [3.63, 3.8) is 0 Å². The number of carbonyl (C=O) groups excluding carboxylic acids is 1. The van der Waals surface area contributed by atoms with Crippen molar-refractivity contribution in [2.24, 2.45) is 0 Å². The van der Waals surface area contributed by atoms with Gasteiger partial charge in [-0.15, -0.1) is 0 Å². The normalized spacial score (nSPS) is 10.1. The number of anilines is 3. The zero-order valence-corrected chi connectivity index (χ0v) is 18.3. The maximum absolute atomic E-state index is 12.5. The molecule has 160 valence electrons. The quantitative estimate of drug-likeness (QED) is 0.403. The summed E-state index contributed by atoms with van der Waals surface area (Å²) in [6.45, 7) is 5.10. The van der Waals surface area contributed by atoms with Crippen molar-refractivity contribution < 1.29 is 14.3 Å². The lowest BCUT2D eigenvalue weighted by Gasteiger charge is -2.12. The van der Waals surface area contributed by atoms with E-state index in [1.54, 1.807) is 24.3 Å². The molecule has 3 rings (SSSR count). The van der Waals surface area contributed by atoms with Crippen molar-refractivity contribution in [2.75, 3.05) is 29.2 Å². The van der Waals surface area contributed by atoms with Crippen molar-refractivity contribution in [1.82, 2.24) is 0 Å². The molecule has 3 aromatic carbocycles. The van der Waals surface area contributed by atoms with Gasteiger partial charge in [0.2, 0.25) is 0 Å². The van der Waals surface area contributed by atoms with Crippen LogP contribution in [0.25, 0.3) is 0 Å². The molecule has 0 atom stereocenters. The van der Waals surface area contributed by atoms with Crippen LogP contribution in [0.3, 0.4) is 0 Å². The van der Waals surface area contributed by atoms with Crippen LogP contribution in [0.5, 0.6) is 11.5 Å². The number of carbonyl (C=O) groups is 1. The Kier molecular flexibility index (Phi) is 7.84. The molecular formula is C24H25N3O3S. The molecule has 0 unspecified atom stereocenters. The molecule has 0 aromatic heterocycles. The summed E-state index contributed by atoms with van der Waals surface area (Å²) in [7, 11) is 0. The number of nitrogens with one attached hydrogen (secondary N) is 3. The van der Waals surface area contributed by atoms with Crippen LogP contribution >= 0.6 is 12.2 Å². The monoisotopic (exact) mass is 435 g/mol. The Labute approximate surface area is 187 Å². The lowest BCUT2D eigenvalue weighted by atomic mass is 10.2. The smallest absolute Gasteiger partial charge is 0.255 e. The molecule has 0 spiro atoms. The maximum Gasteiger partial charge on any atom is 0.255 e. The van der Waals surface area contributed by atoms with Gasteiger partial charge in [0.15, 0.2) is 5.11 Å². The van der Waals surface area contributed by atoms with E-state index in [-0.39, 0.29) is 5.91 Å². The fourth-order valence-corrected chi connectivity index (χ4v) is 3.04. The Morgan fingerprint density at radius 1 is 0.677 bits per heavy atom. The minimum Gasteiger partial charge on any atom is -0.494 e. The van der Waals surface area contributed by atoms with Crippen LogP contribution < -0.4 is 25.4 Å².